The maximum Gasteiger partial charge on any atom is 0.0614 e. The van der Waals surface area contributed by atoms with Gasteiger partial charge in [0.25, 0.3) is 0 Å². The highest BCUT2D eigenvalue weighted by molar-refractivity contribution is 4.96. The molecule has 1 heteroatoms. The molecule has 0 spiro atoms. The zero-order chi connectivity index (χ0) is 9.59. The summed E-state index contributed by atoms with van der Waals surface area (Å²) in [5.41, 5.74) is 0. The maximum absolute atomic E-state index is 6.02. The Bertz CT molecular complexity index is 166. The molecular formula is C12H22O. The zero-order valence-corrected chi connectivity index (χ0v) is 9.29. The second-order valence-corrected chi connectivity index (χ2v) is 5.50. The third-order valence-electron chi connectivity index (χ3n) is 4.03. The third-order valence-corrected chi connectivity index (χ3v) is 4.03. The molecule has 4 atom stereocenters. The van der Waals surface area contributed by atoms with E-state index in [1.165, 1.54) is 12.8 Å². The van der Waals surface area contributed by atoms with E-state index in [0.29, 0.717) is 12.2 Å². The monoisotopic (exact) mass is 182 g/mol. The first kappa shape index (κ1) is 9.51. The largest absolute Gasteiger partial charge is 0.374 e. The molecule has 1 nitrogen and oxygen atoms in total. The van der Waals surface area contributed by atoms with E-state index in [-0.39, 0.29) is 0 Å². The summed E-state index contributed by atoms with van der Waals surface area (Å²) < 4.78 is 6.02. The van der Waals surface area contributed by atoms with Crippen LogP contribution in [0.25, 0.3) is 0 Å². The number of fused-ring (bicyclic) bond motifs is 2. The predicted molar refractivity (Wildman–Crippen MR) is 54.6 cm³/mol. The van der Waals surface area contributed by atoms with Crippen molar-refractivity contribution in [1.29, 1.82) is 0 Å². The molecule has 0 saturated carbocycles. The quantitative estimate of drug-likeness (QED) is 0.637. The van der Waals surface area contributed by atoms with Gasteiger partial charge in [-0.1, -0.05) is 27.7 Å². The van der Waals surface area contributed by atoms with Crippen molar-refractivity contribution in [2.24, 2.45) is 23.7 Å². The van der Waals surface area contributed by atoms with Gasteiger partial charge in [-0.2, -0.15) is 0 Å². The topological polar surface area (TPSA) is 9.23 Å². The Hall–Kier alpha value is -0.0400. The Morgan fingerprint density at radius 3 is 1.46 bits per heavy atom. The van der Waals surface area contributed by atoms with Crippen LogP contribution in [0.5, 0.6) is 0 Å². The van der Waals surface area contributed by atoms with Crippen molar-refractivity contribution in [3.63, 3.8) is 0 Å². The normalized spacial score (nSPS) is 43.8. The van der Waals surface area contributed by atoms with Gasteiger partial charge in [-0.25, -0.2) is 0 Å². The van der Waals surface area contributed by atoms with Gasteiger partial charge in [-0.3, -0.25) is 0 Å². The first-order chi connectivity index (χ1) is 6.09. The Labute approximate surface area is 81.9 Å². The van der Waals surface area contributed by atoms with E-state index in [9.17, 15) is 0 Å². The van der Waals surface area contributed by atoms with Crippen molar-refractivity contribution < 1.29 is 4.74 Å². The lowest BCUT2D eigenvalue weighted by molar-refractivity contribution is 0.0749. The standard InChI is InChI=1S/C12H22O/c1-7(2)9-5-12-10(8(3)4)6-11(9)13-12/h7-12H,5-6H2,1-4H3. The summed E-state index contributed by atoms with van der Waals surface area (Å²) in [5.74, 6) is 3.31. The fraction of sp³-hybridized carbons (Fsp3) is 1.00. The van der Waals surface area contributed by atoms with Gasteiger partial charge >= 0.3 is 0 Å². The molecule has 2 aliphatic rings. The Morgan fingerprint density at radius 1 is 0.846 bits per heavy atom. The second-order valence-electron chi connectivity index (χ2n) is 5.50. The van der Waals surface area contributed by atoms with Crippen molar-refractivity contribution in [1.82, 2.24) is 0 Å². The van der Waals surface area contributed by atoms with Gasteiger partial charge in [0.05, 0.1) is 12.2 Å². The Kier molecular flexibility index (Phi) is 2.39. The summed E-state index contributed by atoms with van der Waals surface area (Å²) >= 11 is 0. The van der Waals surface area contributed by atoms with E-state index >= 15 is 0 Å². The molecule has 0 aromatic heterocycles. The lowest BCUT2D eigenvalue weighted by Gasteiger charge is -2.28. The van der Waals surface area contributed by atoms with Gasteiger partial charge in [0.2, 0.25) is 0 Å². The van der Waals surface area contributed by atoms with Gasteiger partial charge in [0.15, 0.2) is 0 Å². The van der Waals surface area contributed by atoms with Crippen LogP contribution in [0.1, 0.15) is 40.5 Å². The summed E-state index contributed by atoms with van der Waals surface area (Å²) in [5, 5.41) is 0. The molecule has 0 aromatic carbocycles. The first-order valence-electron chi connectivity index (χ1n) is 5.75. The molecular weight excluding hydrogens is 160 g/mol. The van der Waals surface area contributed by atoms with Gasteiger partial charge in [-0.15, -0.1) is 0 Å². The molecule has 0 N–H and O–H groups in total. The number of hydrogen-bond acceptors (Lipinski definition) is 1. The molecule has 2 saturated heterocycles. The smallest absolute Gasteiger partial charge is 0.0614 e. The van der Waals surface area contributed by atoms with Crippen LogP contribution >= 0.6 is 0 Å². The second kappa shape index (κ2) is 3.27. The SMILES string of the molecule is CC(C)C1CC2OC1CC2C(C)C. The minimum atomic E-state index is 0.595. The van der Waals surface area contributed by atoms with Crippen LogP contribution in [0.4, 0.5) is 0 Å². The molecule has 2 fully saturated rings. The van der Waals surface area contributed by atoms with Crippen molar-refractivity contribution in [2.45, 2.75) is 52.7 Å². The maximum atomic E-state index is 6.02. The number of ether oxygens (including phenoxy) is 1. The van der Waals surface area contributed by atoms with Crippen LogP contribution in [-0.2, 0) is 4.74 Å². The van der Waals surface area contributed by atoms with E-state index in [0.717, 1.165) is 23.7 Å². The van der Waals surface area contributed by atoms with Gasteiger partial charge in [0, 0.05) is 0 Å². The molecule has 0 amide bonds. The molecule has 0 radical (unpaired) electrons. The lowest BCUT2D eigenvalue weighted by Crippen LogP contribution is -2.29. The van der Waals surface area contributed by atoms with Crippen molar-refractivity contribution >= 4 is 0 Å². The molecule has 76 valence electrons. The third kappa shape index (κ3) is 1.52. The minimum absolute atomic E-state index is 0.595. The summed E-state index contributed by atoms with van der Waals surface area (Å²) in [6.45, 7) is 9.33. The average molecular weight is 182 g/mol. The van der Waals surface area contributed by atoms with E-state index in [1.807, 2.05) is 0 Å². The average Bonchev–Trinajstić information content (AvgIpc) is 2.60. The zero-order valence-electron chi connectivity index (χ0n) is 9.29. The highest BCUT2D eigenvalue weighted by Crippen LogP contribution is 2.47. The number of rotatable bonds is 2. The van der Waals surface area contributed by atoms with Crippen LogP contribution in [0, 0.1) is 23.7 Å². The summed E-state index contributed by atoms with van der Waals surface area (Å²) in [7, 11) is 0. The van der Waals surface area contributed by atoms with E-state index < -0.39 is 0 Å². The summed E-state index contributed by atoms with van der Waals surface area (Å²) in [6.07, 6.45) is 3.84. The minimum Gasteiger partial charge on any atom is -0.374 e. The molecule has 2 bridgehead atoms. The van der Waals surface area contributed by atoms with Crippen LogP contribution in [-0.4, -0.2) is 12.2 Å². The highest BCUT2D eigenvalue weighted by Gasteiger charge is 2.48. The van der Waals surface area contributed by atoms with Crippen molar-refractivity contribution in [3.05, 3.63) is 0 Å². The van der Waals surface area contributed by atoms with Crippen LogP contribution < -0.4 is 0 Å². The van der Waals surface area contributed by atoms with E-state index in [2.05, 4.69) is 27.7 Å². The molecule has 0 aromatic rings. The Morgan fingerprint density at radius 2 is 1.23 bits per heavy atom. The van der Waals surface area contributed by atoms with Crippen LogP contribution in [0.3, 0.4) is 0 Å². The van der Waals surface area contributed by atoms with E-state index in [1.54, 1.807) is 0 Å². The highest BCUT2D eigenvalue weighted by atomic mass is 16.5. The molecule has 2 heterocycles. The van der Waals surface area contributed by atoms with E-state index in [4.69, 9.17) is 4.74 Å². The Balaban J connectivity index is 1.99. The molecule has 2 aliphatic heterocycles. The number of hydrogen-bond donors (Lipinski definition) is 0. The lowest BCUT2D eigenvalue weighted by atomic mass is 9.73. The molecule has 4 unspecified atom stereocenters. The fourth-order valence-corrected chi connectivity index (χ4v) is 3.13. The van der Waals surface area contributed by atoms with Gasteiger partial charge < -0.3 is 4.74 Å². The van der Waals surface area contributed by atoms with Gasteiger partial charge in [-0.05, 0) is 36.5 Å². The molecule has 2 rings (SSSR count). The predicted octanol–water partition coefficient (Wildman–Crippen LogP) is 3.09. The first-order valence-corrected chi connectivity index (χ1v) is 5.75. The van der Waals surface area contributed by atoms with Crippen molar-refractivity contribution in [2.75, 3.05) is 0 Å². The van der Waals surface area contributed by atoms with Gasteiger partial charge in [0.1, 0.15) is 0 Å². The summed E-state index contributed by atoms with van der Waals surface area (Å²) in [4.78, 5) is 0. The van der Waals surface area contributed by atoms with Crippen molar-refractivity contribution in [3.8, 4) is 0 Å². The molecule has 13 heavy (non-hydrogen) atoms. The summed E-state index contributed by atoms with van der Waals surface area (Å²) in [6, 6.07) is 0. The fourth-order valence-electron chi connectivity index (χ4n) is 3.13. The van der Waals surface area contributed by atoms with Crippen LogP contribution in [0.2, 0.25) is 0 Å². The van der Waals surface area contributed by atoms with Crippen LogP contribution in [0.15, 0.2) is 0 Å². The molecule has 0 aliphatic carbocycles.